The van der Waals surface area contributed by atoms with Crippen LogP contribution >= 0.6 is 0 Å². The number of carbonyl (C=O) groups is 1. The maximum atomic E-state index is 13.4. The van der Waals surface area contributed by atoms with Gasteiger partial charge in [-0.05, 0) is 31.4 Å². The van der Waals surface area contributed by atoms with Gasteiger partial charge in [0.2, 0.25) is 0 Å². The predicted octanol–water partition coefficient (Wildman–Crippen LogP) is 4.18. The standard InChI is InChI=1S/C21H29N3O2/c1-4-10-19-24(20(25)16-11-8-7-9-12-16)18(13-17-14-22-15-23-17)21(5-2,6-3)26-19/h7-9,11-12,14-15,18-19H,4-6,10,13H2,1-3H3,(H,22,23)/t18-,19-/m0/s1. The smallest absolute Gasteiger partial charge is 0.256 e. The van der Waals surface area contributed by atoms with Gasteiger partial charge in [0, 0.05) is 18.2 Å². The number of hydrogen-bond donors (Lipinski definition) is 1. The van der Waals surface area contributed by atoms with E-state index in [1.807, 2.05) is 41.4 Å². The number of imidazole rings is 1. The first-order valence-corrected chi connectivity index (χ1v) is 9.68. The highest BCUT2D eigenvalue weighted by Crippen LogP contribution is 2.41. The lowest BCUT2D eigenvalue weighted by Crippen LogP contribution is -2.49. The van der Waals surface area contributed by atoms with Crippen LogP contribution in [-0.2, 0) is 11.2 Å². The van der Waals surface area contributed by atoms with Crippen LogP contribution in [0.5, 0.6) is 0 Å². The third kappa shape index (κ3) is 3.40. The number of benzene rings is 1. The third-order valence-corrected chi connectivity index (χ3v) is 5.57. The number of ether oxygens (including phenoxy) is 1. The molecule has 1 saturated heterocycles. The van der Waals surface area contributed by atoms with E-state index in [9.17, 15) is 4.79 Å². The monoisotopic (exact) mass is 355 g/mol. The maximum absolute atomic E-state index is 13.4. The van der Waals surface area contributed by atoms with Crippen molar-refractivity contribution in [1.82, 2.24) is 14.9 Å². The molecule has 5 nitrogen and oxygen atoms in total. The van der Waals surface area contributed by atoms with Crippen molar-refractivity contribution in [2.45, 2.75) is 70.7 Å². The Morgan fingerprint density at radius 1 is 1.23 bits per heavy atom. The summed E-state index contributed by atoms with van der Waals surface area (Å²) in [6.07, 6.45) is 7.68. The fourth-order valence-corrected chi connectivity index (χ4v) is 4.08. The van der Waals surface area contributed by atoms with E-state index >= 15 is 0 Å². The van der Waals surface area contributed by atoms with Crippen molar-refractivity contribution in [2.75, 3.05) is 0 Å². The predicted molar refractivity (Wildman–Crippen MR) is 102 cm³/mol. The van der Waals surface area contributed by atoms with Crippen LogP contribution in [0.4, 0.5) is 0 Å². The summed E-state index contributed by atoms with van der Waals surface area (Å²) < 4.78 is 6.57. The quantitative estimate of drug-likeness (QED) is 0.810. The van der Waals surface area contributed by atoms with Gasteiger partial charge in [-0.3, -0.25) is 4.79 Å². The largest absolute Gasteiger partial charge is 0.351 e. The molecule has 26 heavy (non-hydrogen) atoms. The summed E-state index contributed by atoms with van der Waals surface area (Å²) in [7, 11) is 0. The Hall–Kier alpha value is -2.14. The molecule has 1 amide bonds. The molecule has 0 bridgehead atoms. The van der Waals surface area contributed by atoms with Crippen LogP contribution in [-0.4, -0.2) is 38.6 Å². The SMILES string of the molecule is CCC[C@@H]1OC(CC)(CC)[C@H](Cc2c[nH]cn2)N1C(=O)c1ccccc1. The molecule has 1 aliphatic rings. The molecule has 1 aromatic heterocycles. The highest BCUT2D eigenvalue weighted by molar-refractivity contribution is 5.94. The molecule has 2 atom stereocenters. The second-order valence-electron chi connectivity index (χ2n) is 6.99. The molecule has 1 fully saturated rings. The molecule has 2 aromatic rings. The number of aromatic nitrogens is 2. The lowest BCUT2D eigenvalue weighted by Gasteiger charge is -2.34. The van der Waals surface area contributed by atoms with Gasteiger partial charge in [-0.25, -0.2) is 4.98 Å². The fourth-order valence-electron chi connectivity index (χ4n) is 4.08. The molecule has 0 radical (unpaired) electrons. The molecule has 0 unspecified atom stereocenters. The summed E-state index contributed by atoms with van der Waals surface area (Å²) in [5.74, 6) is 0.0494. The van der Waals surface area contributed by atoms with Crippen molar-refractivity contribution in [3.05, 3.63) is 54.1 Å². The molecule has 140 valence electrons. The Bertz CT molecular complexity index is 695. The van der Waals surface area contributed by atoms with Gasteiger partial charge in [-0.2, -0.15) is 0 Å². The summed E-state index contributed by atoms with van der Waals surface area (Å²) >= 11 is 0. The first-order chi connectivity index (χ1) is 12.6. The third-order valence-electron chi connectivity index (χ3n) is 5.57. The van der Waals surface area contributed by atoms with Crippen LogP contribution in [0.3, 0.4) is 0 Å². The van der Waals surface area contributed by atoms with Gasteiger partial charge in [-0.15, -0.1) is 0 Å². The van der Waals surface area contributed by atoms with Gasteiger partial charge < -0.3 is 14.6 Å². The molecule has 1 N–H and O–H groups in total. The molecule has 0 spiro atoms. The van der Waals surface area contributed by atoms with E-state index in [0.29, 0.717) is 12.0 Å². The van der Waals surface area contributed by atoms with E-state index in [-0.39, 0.29) is 23.8 Å². The fraction of sp³-hybridized carbons (Fsp3) is 0.524. The molecule has 0 aliphatic carbocycles. The summed E-state index contributed by atoms with van der Waals surface area (Å²) in [6, 6.07) is 9.50. The zero-order chi connectivity index (χ0) is 18.6. The minimum Gasteiger partial charge on any atom is -0.351 e. The Balaban J connectivity index is 2.00. The summed E-state index contributed by atoms with van der Waals surface area (Å²) in [5, 5.41) is 0. The first kappa shape index (κ1) is 18.6. The lowest BCUT2D eigenvalue weighted by atomic mass is 9.85. The van der Waals surface area contributed by atoms with Crippen molar-refractivity contribution in [3.8, 4) is 0 Å². The second kappa shape index (κ2) is 8.04. The van der Waals surface area contributed by atoms with Crippen LogP contribution in [0.25, 0.3) is 0 Å². The molecular formula is C21H29N3O2. The Morgan fingerprint density at radius 2 is 1.96 bits per heavy atom. The Labute approximate surface area is 155 Å². The van der Waals surface area contributed by atoms with Gasteiger partial charge in [-0.1, -0.05) is 45.4 Å². The normalized spacial score (nSPS) is 21.9. The van der Waals surface area contributed by atoms with Gasteiger partial charge >= 0.3 is 0 Å². The summed E-state index contributed by atoms with van der Waals surface area (Å²) in [6.45, 7) is 6.44. The number of amides is 1. The van der Waals surface area contributed by atoms with Crippen molar-refractivity contribution in [2.24, 2.45) is 0 Å². The second-order valence-corrected chi connectivity index (χ2v) is 6.99. The number of H-pyrrole nitrogens is 1. The molecule has 2 heterocycles. The average Bonchev–Trinajstić information content (AvgIpc) is 3.29. The van der Waals surface area contributed by atoms with Crippen LogP contribution in [0.2, 0.25) is 0 Å². The lowest BCUT2D eigenvalue weighted by molar-refractivity contribution is -0.0644. The summed E-state index contributed by atoms with van der Waals surface area (Å²) in [5.41, 5.74) is 1.35. The summed E-state index contributed by atoms with van der Waals surface area (Å²) in [4.78, 5) is 22.8. The van der Waals surface area contributed by atoms with E-state index in [4.69, 9.17) is 4.74 Å². The van der Waals surface area contributed by atoms with Gasteiger partial charge in [0.15, 0.2) is 0 Å². The van der Waals surface area contributed by atoms with Crippen LogP contribution in [0.1, 0.15) is 62.5 Å². The van der Waals surface area contributed by atoms with Crippen LogP contribution in [0, 0.1) is 0 Å². The van der Waals surface area contributed by atoms with Crippen molar-refractivity contribution >= 4 is 5.91 Å². The minimum absolute atomic E-state index is 0.0231. The van der Waals surface area contributed by atoms with Crippen LogP contribution < -0.4 is 0 Å². The highest BCUT2D eigenvalue weighted by atomic mass is 16.5. The number of aromatic amines is 1. The zero-order valence-corrected chi connectivity index (χ0v) is 15.9. The number of rotatable bonds is 7. The van der Waals surface area contributed by atoms with Crippen LogP contribution in [0.15, 0.2) is 42.9 Å². The van der Waals surface area contributed by atoms with Gasteiger partial charge in [0.25, 0.3) is 5.91 Å². The number of nitrogens with zero attached hydrogens (tertiary/aromatic N) is 2. The van der Waals surface area contributed by atoms with E-state index in [1.165, 1.54) is 0 Å². The average molecular weight is 355 g/mol. The highest BCUT2D eigenvalue weighted by Gasteiger charge is 2.52. The van der Waals surface area contributed by atoms with Crippen molar-refractivity contribution < 1.29 is 9.53 Å². The Morgan fingerprint density at radius 3 is 2.54 bits per heavy atom. The van der Waals surface area contributed by atoms with Gasteiger partial charge in [0.05, 0.1) is 23.7 Å². The zero-order valence-electron chi connectivity index (χ0n) is 15.9. The molecule has 1 aliphatic heterocycles. The maximum Gasteiger partial charge on any atom is 0.256 e. The van der Waals surface area contributed by atoms with E-state index < -0.39 is 0 Å². The molecule has 1 aromatic carbocycles. The number of hydrogen-bond acceptors (Lipinski definition) is 3. The van der Waals surface area contributed by atoms with Gasteiger partial charge in [0.1, 0.15) is 6.23 Å². The van der Waals surface area contributed by atoms with E-state index in [2.05, 4.69) is 30.7 Å². The number of carbonyl (C=O) groups excluding carboxylic acids is 1. The minimum atomic E-state index is -0.330. The molecule has 0 saturated carbocycles. The molecule has 3 rings (SSSR count). The van der Waals surface area contributed by atoms with E-state index in [1.54, 1.807) is 6.33 Å². The molecular weight excluding hydrogens is 326 g/mol. The number of nitrogens with one attached hydrogen (secondary N) is 1. The van der Waals surface area contributed by atoms with Crippen molar-refractivity contribution in [1.29, 1.82) is 0 Å². The Kier molecular flexibility index (Phi) is 5.77. The van der Waals surface area contributed by atoms with Crippen molar-refractivity contribution in [3.63, 3.8) is 0 Å². The molecule has 5 heteroatoms. The first-order valence-electron chi connectivity index (χ1n) is 9.68. The van der Waals surface area contributed by atoms with E-state index in [0.717, 1.165) is 31.4 Å². The topological polar surface area (TPSA) is 58.2 Å².